The molecule has 0 saturated heterocycles. The van der Waals surface area contributed by atoms with Gasteiger partial charge in [0, 0.05) is 6.42 Å². The third kappa shape index (κ3) is 3.11. The minimum absolute atomic E-state index is 0.367. The molecule has 2 rings (SSSR count). The van der Waals surface area contributed by atoms with E-state index in [9.17, 15) is 13.6 Å². The van der Waals surface area contributed by atoms with Crippen LogP contribution in [0.1, 0.15) is 24.4 Å². The minimum atomic E-state index is -1.24. The van der Waals surface area contributed by atoms with Crippen molar-refractivity contribution in [3.05, 3.63) is 34.4 Å². The highest BCUT2D eigenvalue weighted by Gasteiger charge is 2.22. The van der Waals surface area contributed by atoms with Crippen LogP contribution < -0.4 is 10.9 Å². The van der Waals surface area contributed by atoms with Crippen LogP contribution in [-0.4, -0.2) is 17.0 Å². The summed E-state index contributed by atoms with van der Waals surface area (Å²) in [6, 6.07) is 1.85. The predicted octanol–water partition coefficient (Wildman–Crippen LogP) is 2.62. The van der Waals surface area contributed by atoms with Gasteiger partial charge in [-0.3, -0.25) is 10.4 Å². The van der Waals surface area contributed by atoms with E-state index in [0.29, 0.717) is 24.2 Å². The third-order valence-electron chi connectivity index (χ3n) is 2.67. The van der Waals surface area contributed by atoms with Crippen molar-refractivity contribution in [3.63, 3.8) is 0 Å². The van der Waals surface area contributed by atoms with Crippen molar-refractivity contribution in [2.75, 3.05) is 0 Å². The molecule has 1 amide bonds. The molecule has 1 unspecified atom stereocenters. The molecule has 1 aromatic rings. The molecule has 0 aromatic heterocycles. The molecule has 0 aliphatic carbocycles. The number of nitrogens with one attached hydrogen (secondary N) is 2. The number of hydrogen-bond donors (Lipinski definition) is 3. The van der Waals surface area contributed by atoms with Gasteiger partial charge in [-0.2, -0.15) is 0 Å². The summed E-state index contributed by atoms with van der Waals surface area (Å²) in [5, 5.41) is 7.87. The Morgan fingerprint density at radius 3 is 2.63 bits per heavy atom. The van der Waals surface area contributed by atoms with Crippen LogP contribution in [-0.2, 0) is 0 Å². The average Bonchev–Trinajstić information content (AvgIpc) is 2.81. The standard InChI is InChI=1S/C11H10ClF2N3O2/c12-10-6(13)3-5(4-7(10)14)8-1-2-9(15-8)16-17-11(18)19/h3-4,8,17H,1-2H2,(H,15,16)(H,18,19). The van der Waals surface area contributed by atoms with E-state index < -0.39 is 28.8 Å². The van der Waals surface area contributed by atoms with E-state index in [1.807, 2.05) is 5.43 Å². The molecule has 102 valence electrons. The second-order valence-electron chi connectivity index (χ2n) is 3.98. The molecule has 19 heavy (non-hydrogen) atoms. The third-order valence-corrected chi connectivity index (χ3v) is 3.03. The van der Waals surface area contributed by atoms with E-state index in [4.69, 9.17) is 16.7 Å². The number of halogens is 3. The quantitative estimate of drug-likeness (QED) is 0.549. The highest BCUT2D eigenvalue weighted by molar-refractivity contribution is 6.30. The molecule has 0 bridgehead atoms. The smallest absolute Gasteiger partial charge is 0.423 e. The van der Waals surface area contributed by atoms with Crippen molar-refractivity contribution < 1.29 is 18.7 Å². The zero-order valence-electron chi connectivity index (χ0n) is 9.58. The molecular weight excluding hydrogens is 280 g/mol. The van der Waals surface area contributed by atoms with Crippen molar-refractivity contribution in [3.8, 4) is 0 Å². The summed E-state index contributed by atoms with van der Waals surface area (Å²) in [5.74, 6) is -1.25. The number of rotatable bonds is 1. The molecular formula is C11H10ClF2N3O2. The van der Waals surface area contributed by atoms with Crippen LogP contribution in [0.15, 0.2) is 17.1 Å². The summed E-state index contributed by atoms with van der Waals surface area (Å²) < 4.78 is 26.6. The summed E-state index contributed by atoms with van der Waals surface area (Å²) in [6.45, 7) is 0. The van der Waals surface area contributed by atoms with Crippen molar-refractivity contribution in [1.29, 1.82) is 0 Å². The predicted molar refractivity (Wildman–Crippen MR) is 65.1 cm³/mol. The molecule has 1 aliphatic rings. The van der Waals surface area contributed by atoms with E-state index in [-0.39, 0.29) is 0 Å². The molecule has 1 aliphatic heterocycles. The van der Waals surface area contributed by atoms with Crippen LogP contribution in [0.5, 0.6) is 0 Å². The summed E-state index contributed by atoms with van der Waals surface area (Å²) in [6.07, 6.45) is -0.226. The minimum Gasteiger partial charge on any atom is -0.464 e. The number of benzene rings is 1. The maximum Gasteiger partial charge on any atom is 0.423 e. The Morgan fingerprint density at radius 1 is 1.42 bits per heavy atom. The van der Waals surface area contributed by atoms with Crippen molar-refractivity contribution in [2.24, 2.45) is 4.99 Å². The largest absolute Gasteiger partial charge is 0.464 e. The van der Waals surface area contributed by atoms with Crippen molar-refractivity contribution in [1.82, 2.24) is 10.9 Å². The topological polar surface area (TPSA) is 73.7 Å². The number of carbonyl (C=O) groups is 1. The Balaban J connectivity index is 2.13. The fraction of sp³-hybridized carbons (Fsp3) is 0.273. The van der Waals surface area contributed by atoms with Gasteiger partial charge in [0.25, 0.3) is 0 Å². The monoisotopic (exact) mass is 289 g/mol. The van der Waals surface area contributed by atoms with E-state index in [0.717, 1.165) is 12.1 Å². The van der Waals surface area contributed by atoms with Gasteiger partial charge in [0.05, 0.1) is 6.04 Å². The summed E-state index contributed by atoms with van der Waals surface area (Å²) in [4.78, 5) is 14.4. The van der Waals surface area contributed by atoms with Gasteiger partial charge in [-0.05, 0) is 24.1 Å². The zero-order valence-corrected chi connectivity index (χ0v) is 10.3. The maximum atomic E-state index is 13.3. The number of hydrogen-bond acceptors (Lipinski definition) is 3. The highest BCUT2D eigenvalue weighted by Crippen LogP contribution is 2.31. The van der Waals surface area contributed by atoms with E-state index in [2.05, 4.69) is 10.4 Å². The lowest BCUT2D eigenvalue weighted by molar-refractivity contribution is 0.192. The van der Waals surface area contributed by atoms with Crippen LogP contribution in [0.3, 0.4) is 0 Å². The molecule has 1 aromatic carbocycles. The van der Waals surface area contributed by atoms with E-state index >= 15 is 0 Å². The Labute approximate surface area is 112 Å². The van der Waals surface area contributed by atoms with Crippen LogP contribution >= 0.6 is 11.6 Å². The number of aliphatic imine (C=N–C) groups is 1. The highest BCUT2D eigenvalue weighted by atomic mass is 35.5. The molecule has 5 nitrogen and oxygen atoms in total. The lowest BCUT2D eigenvalue weighted by atomic mass is 10.0. The fourth-order valence-electron chi connectivity index (χ4n) is 1.82. The van der Waals surface area contributed by atoms with Gasteiger partial charge in [-0.1, -0.05) is 11.6 Å². The summed E-state index contributed by atoms with van der Waals surface area (Å²) in [7, 11) is 0. The number of hydrazine groups is 1. The first-order chi connectivity index (χ1) is 8.97. The van der Waals surface area contributed by atoms with Gasteiger partial charge in [0.15, 0.2) is 0 Å². The number of amides is 1. The van der Waals surface area contributed by atoms with E-state index in [1.54, 1.807) is 0 Å². The summed E-state index contributed by atoms with van der Waals surface area (Å²) >= 11 is 5.40. The Kier molecular flexibility index (Phi) is 3.84. The van der Waals surface area contributed by atoms with Gasteiger partial charge in [0.2, 0.25) is 0 Å². The fourth-order valence-corrected chi connectivity index (χ4v) is 1.93. The lowest BCUT2D eigenvalue weighted by Crippen LogP contribution is -2.39. The number of carboxylic acid groups (broad SMARTS) is 1. The van der Waals surface area contributed by atoms with Gasteiger partial charge >= 0.3 is 6.09 Å². The van der Waals surface area contributed by atoms with Crippen LogP contribution in [0.25, 0.3) is 0 Å². The SMILES string of the molecule is O=C(O)NNC1=NC(c2cc(F)c(Cl)c(F)c2)CC1. The van der Waals surface area contributed by atoms with Crippen molar-refractivity contribution in [2.45, 2.75) is 18.9 Å². The molecule has 0 fully saturated rings. The average molecular weight is 290 g/mol. The van der Waals surface area contributed by atoms with Gasteiger partial charge in [-0.25, -0.2) is 19.0 Å². The summed E-state index contributed by atoms with van der Waals surface area (Å²) in [5.41, 5.74) is 4.73. The van der Waals surface area contributed by atoms with Gasteiger partial charge in [0.1, 0.15) is 22.5 Å². The number of amidine groups is 1. The Bertz CT molecular complexity index is 528. The molecule has 0 radical (unpaired) electrons. The van der Waals surface area contributed by atoms with E-state index in [1.165, 1.54) is 0 Å². The molecule has 0 saturated carbocycles. The first-order valence-electron chi connectivity index (χ1n) is 5.43. The number of nitrogens with zero attached hydrogens (tertiary/aromatic N) is 1. The molecule has 0 spiro atoms. The lowest BCUT2D eigenvalue weighted by Gasteiger charge is -2.08. The van der Waals surface area contributed by atoms with Crippen LogP contribution in [0.4, 0.5) is 13.6 Å². The van der Waals surface area contributed by atoms with Crippen LogP contribution in [0.2, 0.25) is 5.02 Å². The molecule has 1 heterocycles. The molecule has 3 N–H and O–H groups in total. The van der Waals surface area contributed by atoms with Crippen molar-refractivity contribution >= 4 is 23.5 Å². The maximum absolute atomic E-state index is 13.3. The van der Waals surface area contributed by atoms with Gasteiger partial charge < -0.3 is 5.11 Å². The molecule has 8 heteroatoms. The molecule has 1 atom stereocenters. The Morgan fingerprint density at radius 2 is 2.05 bits per heavy atom. The van der Waals surface area contributed by atoms with Gasteiger partial charge in [-0.15, -0.1) is 0 Å². The normalized spacial score (nSPS) is 18.1. The zero-order chi connectivity index (χ0) is 14.0. The second-order valence-corrected chi connectivity index (χ2v) is 4.36. The Hall–Kier alpha value is -1.89. The first-order valence-corrected chi connectivity index (χ1v) is 5.81. The second kappa shape index (κ2) is 5.40. The first kappa shape index (κ1) is 13.5. The van der Waals surface area contributed by atoms with Crippen LogP contribution in [0, 0.1) is 11.6 Å².